The number of halogens is 1. The minimum absolute atomic E-state index is 0.186. The van der Waals surface area contributed by atoms with Gasteiger partial charge in [0.2, 0.25) is 5.91 Å². The molecule has 0 bridgehead atoms. The summed E-state index contributed by atoms with van der Waals surface area (Å²) in [5.41, 5.74) is 0.902. The number of hydrogen-bond acceptors (Lipinski definition) is 6. The van der Waals surface area contributed by atoms with Crippen LogP contribution >= 0.6 is 24.0 Å². The van der Waals surface area contributed by atoms with Crippen molar-refractivity contribution in [2.24, 2.45) is 0 Å². The molecule has 1 aliphatic rings. The molecule has 4 rings (SSSR count). The highest BCUT2D eigenvalue weighted by molar-refractivity contribution is 8.26. The fraction of sp³-hybridized carbons (Fsp3) is 0.130. The molecule has 1 fully saturated rings. The molecule has 0 atom stereocenters. The molecule has 9 heteroatoms. The highest BCUT2D eigenvalue weighted by Gasteiger charge is 2.31. The molecule has 0 aliphatic carbocycles. The van der Waals surface area contributed by atoms with Crippen LogP contribution in [0.15, 0.2) is 68.7 Å². The minimum Gasteiger partial charge on any atom is -0.423 e. The summed E-state index contributed by atoms with van der Waals surface area (Å²) in [4.78, 5) is 38.0. The summed E-state index contributed by atoms with van der Waals surface area (Å²) < 4.78 is 19.3. The number of thiocarbonyl (C=S) groups is 1. The molecule has 2 aromatic carbocycles. The topological polar surface area (TPSA) is 79.6 Å². The predicted octanol–water partition coefficient (Wildman–Crippen LogP) is 4.55. The van der Waals surface area contributed by atoms with E-state index in [1.165, 1.54) is 23.1 Å². The molecular weight excluding hydrogens is 451 g/mol. The molecule has 2 heterocycles. The first-order valence-corrected chi connectivity index (χ1v) is 11.0. The zero-order chi connectivity index (χ0) is 22.7. The first kappa shape index (κ1) is 21.9. The molecule has 1 aliphatic heterocycles. The molecule has 3 aromatic rings. The van der Waals surface area contributed by atoms with Crippen LogP contribution in [0.4, 0.5) is 10.1 Å². The molecule has 1 aromatic heterocycles. The van der Waals surface area contributed by atoms with Gasteiger partial charge in [-0.1, -0.05) is 42.2 Å². The van der Waals surface area contributed by atoms with Crippen LogP contribution in [0.2, 0.25) is 0 Å². The van der Waals surface area contributed by atoms with Crippen LogP contribution in [0.1, 0.15) is 18.4 Å². The monoisotopic (exact) mass is 468 g/mol. The third kappa shape index (κ3) is 4.95. The van der Waals surface area contributed by atoms with Gasteiger partial charge < -0.3 is 9.73 Å². The van der Waals surface area contributed by atoms with E-state index in [1.807, 2.05) is 0 Å². The minimum atomic E-state index is -0.436. The Kier molecular flexibility index (Phi) is 6.48. The number of fused-ring (bicyclic) bond motifs is 1. The van der Waals surface area contributed by atoms with Crippen molar-refractivity contribution in [1.29, 1.82) is 0 Å². The van der Waals surface area contributed by atoms with Crippen LogP contribution < -0.4 is 10.9 Å². The van der Waals surface area contributed by atoms with Gasteiger partial charge in [0.05, 0.1) is 4.91 Å². The molecule has 0 saturated carbocycles. The highest BCUT2D eigenvalue weighted by atomic mass is 32.2. The van der Waals surface area contributed by atoms with Crippen molar-refractivity contribution in [3.05, 3.63) is 81.3 Å². The number of thioether (sulfide) groups is 1. The van der Waals surface area contributed by atoms with Crippen molar-refractivity contribution in [2.45, 2.75) is 12.8 Å². The van der Waals surface area contributed by atoms with Crippen LogP contribution in [0, 0.1) is 5.82 Å². The molecule has 0 spiro atoms. The Bertz CT molecular complexity index is 1320. The van der Waals surface area contributed by atoms with Gasteiger partial charge in [-0.15, -0.1) is 0 Å². The van der Waals surface area contributed by atoms with Gasteiger partial charge in [0.15, 0.2) is 0 Å². The second-order valence-corrected chi connectivity index (χ2v) is 8.69. The zero-order valence-corrected chi connectivity index (χ0v) is 18.3. The third-order valence-electron chi connectivity index (χ3n) is 4.75. The van der Waals surface area contributed by atoms with Crippen molar-refractivity contribution in [2.75, 3.05) is 11.9 Å². The SMILES string of the molecule is O=C(CCCN1C(=O)/C(=C/c2ccccc2F)SC1=S)Nc1ccc2oc(=O)ccc2c1. The van der Waals surface area contributed by atoms with Crippen molar-refractivity contribution in [1.82, 2.24) is 4.90 Å². The molecule has 1 saturated heterocycles. The number of nitrogens with zero attached hydrogens (tertiary/aromatic N) is 1. The number of hydrogen-bond donors (Lipinski definition) is 1. The van der Waals surface area contributed by atoms with Gasteiger partial charge >= 0.3 is 5.63 Å². The lowest BCUT2D eigenvalue weighted by molar-refractivity contribution is -0.122. The fourth-order valence-corrected chi connectivity index (χ4v) is 4.50. The maximum atomic E-state index is 13.9. The van der Waals surface area contributed by atoms with E-state index in [0.717, 1.165) is 11.8 Å². The highest BCUT2D eigenvalue weighted by Crippen LogP contribution is 2.33. The van der Waals surface area contributed by atoms with Crippen LogP contribution in [-0.2, 0) is 9.59 Å². The predicted molar refractivity (Wildman–Crippen MR) is 127 cm³/mol. The Morgan fingerprint density at radius 1 is 1.16 bits per heavy atom. The van der Waals surface area contributed by atoms with E-state index in [1.54, 1.807) is 42.5 Å². The van der Waals surface area contributed by atoms with E-state index in [4.69, 9.17) is 16.6 Å². The first-order valence-electron chi connectivity index (χ1n) is 9.74. The van der Waals surface area contributed by atoms with Crippen molar-refractivity contribution in [3.63, 3.8) is 0 Å². The van der Waals surface area contributed by atoms with E-state index >= 15 is 0 Å². The Morgan fingerprint density at radius 2 is 1.97 bits per heavy atom. The van der Waals surface area contributed by atoms with Gasteiger partial charge in [-0.25, -0.2) is 9.18 Å². The Morgan fingerprint density at radius 3 is 2.78 bits per heavy atom. The lowest BCUT2D eigenvalue weighted by Crippen LogP contribution is -2.29. The zero-order valence-electron chi connectivity index (χ0n) is 16.7. The second kappa shape index (κ2) is 9.46. The number of nitrogens with one attached hydrogen (secondary N) is 1. The number of carbonyl (C=O) groups excluding carboxylic acids is 2. The van der Waals surface area contributed by atoms with Crippen molar-refractivity contribution < 1.29 is 18.4 Å². The fourth-order valence-electron chi connectivity index (χ4n) is 3.20. The maximum absolute atomic E-state index is 13.9. The Hall–Kier alpha value is -3.30. The Balaban J connectivity index is 1.33. The number of amides is 2. The van der Waals surface area contributed by atoms with Gasteiger partial charge in [0.1, 0.15) is 15.7 Å². The number of anilines is 1. The molecule has 0 radical (unpaired) electrons. The summed E-state index contributed by atoms with van der Waals surface area (Å²) in [6.07, 6.45) is 2.09. The molecule has 162 valence electrons. The van der Waals surface area contributed by atoms with E-state index in [2.05, 4.69) is 5.32 Å². The number of benzene rings is 2. The van der Waals surface area contributed by atoms with E-state index < -0.39 is 11.4 Å². The lowest BCUT2D eigenvalue weighted by Gasteiger charge is -2.14. The average molecular weight is 469 g/mol. The van der Waals surface area contributed by atoms with Gasteiger partial charge in [0.25, 0.3) is 5.91 Å². The molecule has 0 unspecified atom stereocenters. The standard InChI is InChI=1S/C23H17FN2O4S2/c24-17-5-2-1-4-14(17)13-19-22(29)26(23(31)32-19)11-3-6-20(27)25-16-8-9-18-15(12-16)7-10-21(28)30-18/h1-2,4-5,7-10,12-13H,3,6,11H2,(H,25,27)/b19-13-. The number of carbonyl (C=O) groups is 2. The molecule has 2 amide bonds. The summed E-state index contributed by atoms with van der Waals surface area (Å²) >= 11 is 6.40. The normalized spacial score (nSPS) is 15.0. The molecular formula is C23H17FN2O4S2. The molecule has 6 nitrogen and oxygen atoms in total. The summed E-state index contributed by atoms with van der Waals surface area (Å²) in [5.74, 6) is -0.918. The summed E-state index contributed by atoms with van der Waals surface area (Å²) in [7, 11) is 0. The van der Waals surface area contributed by atoms with Gasteiger partial charge in [0, 0.05) is 35.7 Å². The van der Waals surface area contributed by atoms with Gasteiger partial charge in [-0.05, 0) is 42.8 Å². The molecule has 1 N–H and O–H groups in total. The van der Waals surface area contributed by atoms with Crippen LogP contribution in [0.3, 0.4) is 0 Å². The Labute approximate surface area is 192 Å². The van der Waals surface area contributed by atoms with Gasteiger partial charge in [-0.2, -0.15) is 0 Å². The average Bonchev–Trinajstić information content (AvgIpc) is 3.03. The molecule has 32 heavy (non-hydrogen) atoms. The van der Waals surface area contributed by atoms with Crippen LogP contribution in [-0.4, -0.2) is 27.6 Å². The smallest absolute Gasteiger partial charge is 0.336 e. The first-order chi connectivity index (χ1) is 15.4. The summed E-state index contributed by atoms with van der Waals surface area (Å²) in [5, 5.41) is 3.49. The van der Waals surface area contributed by atoms with Crippen LogP contribution in [0.25, 0.3) is 17.0 Å². The van der Waals surface area contributed by atoms with Crippen molar-refractivity contribution in [3.8, 4) is 0 Å². The van der Waals surface area contributed by atoms with Crippen molar-refractivity contribution >= 4 is 62.8 Å². The van der Waals surface area contributed by atoms with Gasteiger partial charge in [-0.3, -0.25) is 14.5 Å². The van der Waals surface area contributed by atoms with E-state index in [0.29, 0.717) is 37.9 Å². The second-order valence-electron chi connectivity index (χ2n) is 7.01. The van der Waals surface area contributed by atoms with E-state index in [-0.39, 0.29) is 24.8 Å². The maximum Gasteiger partial charge on any atom is 0.336 e. The summed E-state index contributed by atoms with van der Waals surface area (Å²) in [6.45, 7) is 0.287. The quantitative estimate of drug-likeness (QED) is 0.325. The lowest BCUT2D eigenvalue weighted by atomic mass is 10.2. The number of rotatable bonds is 6. The van der Waals surface area contributed by atoms with E-state index in [9.17, 15) is 18.8 Å². The third-order valence-corrected chi connectivity index (χ3v) is 6.13. The summed E-state index contributed by atoms with van der Waals surface area (Å²) in [6, 6.07) is 14.1. The largest absolute Gasteiger partial charge is 0.423 e. The van der Waals surface area contributed by atoms with Crippen LogP contribution in [0.5, 0.6) is 0 Å².